The maximum atomic E-state index is 12.0. The highest BCUT2D eigenvalue weighted by Crippen LogP contribution is 2.12. The van der Waals surface area contributed by atoms with Gasteiger partial charge in [0.25, 0.3) is 5.91 Å². The summed E-state index contributed by atoms with van der Waals surface area (Å²) >= 11 is 0. The Labute approximate surface area is 128 Å². The van der Waals surface area contributed by atoms with E-state index in [9.17, 15) is 14.4 Å². The average molecular weight is 307 g/mol. The van der Waals surface area contributed by atoms with E-state index in [1.165, 1.54) is 12.1 Å². The Hall–Kier alpha value is -2.57. The summed E-state index contributed by atoms with van der Waals surface area (Å²) in [5.41, 5.74) is 5.84. The molecular formula is C15H21N3O4. The van der Waals surface area contributed by atoms with Crippen molar-refractivity contribution in [2.24, 2.45) is 17.6 Å². The number of amides is 3. The van der Waals surface area contributed by atoms with Gasteiger partial charge in [-0.3, -0.25) is 9.59 Å². The van der Waals surface area contributed by atoms with Gasteiger partial charge in [0.2, 0.25) is 0 Å². The van der Waals surface area contributed by atoms with E-state index in [0.717, 1.165) is 0 Å². The molecule has 1 rings (SSSR count). The minimum absolute atomic E-state index is 0.0770. The number of hydrogen-bond donors (Lipinski definition) is 4. The minimum atomic E-state index is -0.921. The highest BCUT2D eigenvalue weighted by Gasteiger charge is 2.19. The van der Waals surface area contributed by atoms with Crippen LogP contribution >= 0.6 is 0 Å². The van der Waals surface area contributed by atoms with Gasteiger partial charge in [-0.15, -0.1) is 0 Å². The van der Waals surface area contributed by atoms with Crippen molar-refractivity contribution in [2.75, 3.05) is 11.9 Å². The molecule has 0 fully saturated rings. The summed E-state index contributed by atoms with van der Waals surface area (Å²) in [5, 5.41) is 14.1. The van der Waals surface area contributed by atoms with Crippen LogP contribution in [0, 0.1) is 11.8 Å². The van der Waals surface area contributed by atoms with Crippen molar-refractivity contribution in [3.8, 4) is 0 Å². The van der Waals surface area contributed by atoms with Gasteiger partial charge in [-0.25, -0.2) is 4.79 Å². The normalized spacial score (nSPS) is 11.8. The highest BCUT2D eigenvalue weighted by molar-refractivity contribution is 5.95. The molecule has 7 nitrogen and oxygen atoms in total. The van der Waals surface area contributed by atoms with Crippen LogP contribution in [-0.4, -0.2) is 29.6 Å². The molecule has 1 aromatic carbocycles. The van der Waals surface area contributed by atoms with Crippen LogP contribution in [0.25, 0.3) is 0 Å². The molecule has 0 aromatic heterocycles. The van der Waals surface area contributed by atoms with Crippen molar-refractivity contribution in [3.63, 3.8) is 0 Å². The predicted molar refractivity (Wildman–Crippen MR) is 82.6 cm³/mol. The molecule has 0 spiro atoms. The minimum Gasteiger partial charge on any atom is -0.481 e. The van der Waals surface area contributed by atoms with Crippen molar-refractivity contribution in [1.82, 2.24) is 5.32 Å². The second-order valence-corrected chi connectivity index (χ2v) is 5.44. The van der Waals surface area contributed by atoms with Gasteiger partial charge in [-0.1, -0.05) is 13.8 Å². The predicted octanol–water partition coefficient (Wildman–Crippen LogP) is 1.65. The number of benzene rings is 1. The summed E-state index contributed by atoms with van der Waals surface area (Å²) < 4.78 is 0. The molecule has 22 heavy (non-hydrogen) atoms. The van der Waals surface area contributed by atoms with Gasteiger partial charge in [-0.05, 0) is 36.6 Å². The number of nitrogens with two attached hydrogens (primary N) is 1. The first-order valence-electron chi connectivity index (χ1n) is 6.97. The molecule has 0 aliphatic carbocycles. The lowest BCUT2D eigenvalue weighted by atomic mass is 9.97. The lowest BCUT2D eigenvalue weighted by Crippen LogP contribution is -2.33. The number of primary amides is 1. The SMILES string of the molecule is CC(C)CC(CNC(=O)c1ccc(NC(N)=O)cc1)C(=O)O. The molecule has 1 aromatic rings. The molecule has 120 valence electrons. The number of carbonyl (C=O) groups excluding carboxylic acids is 2. The summed E-state index contributed by atoms with van der Waals surface area (Å²) in [4.78, 5) is 33.8. The van der Waals surface area contributed by atoms with E-state index in [1.807, 2.05) is 13.8 Å². The largest absolute Gasteiger partial charge is 0.481 e. The van der Waals surface area contributed by atoms with Gasteiger partial charge < -0.3 is 21.5 Å². The van der Waals surface area contributed by atoms with E-state index in [-0.39, 0.29) is 18.4 Å². The van der Waals surface area contributed by atoms with E-state index in [2.05, 4.69) is 10.6 Å². The number of hydrogen-bond acceptors (Lipinski definition) is 3. The molecule has 3 amide bonds. The quantitative estimate of drug-likeness (QED) is 0.612. The fourth-order valence-corrected chi connectivity index (χ4v) is 2.01. The standard InChI is InChI=1S/C15H21N3O4/c1-9(2)7-11(14(20)21)8-17-13(19)10-3-5-12(6-4-10)18-15(16)22/h3-6,9,11H,7-8H2,1-2H3,(H,17,19)(H,20,21)(H3,16,18,22). The van der Waals surface area contributed by atoms with Crippen LogP contribution in [0.5, 0.6) is 0 Å². The molecule has 1 atom stereocenters. The molecule has 1 unspecified atom stereocenters. The summed E-state index contributed by atoms with van der Waals surface area (Å²) in [6, 6.07) is 5.46. The van der Waals surface area contributed by atoms with Crippen LogP contribution in [0.4, 0.5) is 10.5 Å². The molecule has 0 saturated heterocycles. The first-order valence-corrected chi connectivity index (χ1v) is 6.97. The Morgan fingerprint density at radius 1 is 1.18 bits per heavy atom. The zero-order chi connectivity index (χ0) is 16.7. The number of carboxylic acids is 1. The number of anilines is 1. The third-order valence-electron chi connectivity index (χ3n) is 3.03. The van der Waals surface area contributed by atoms with E-state index in [4.69, 9.17) is 10.8 Å². The Morgan fingerprint density at radius 3 is 2.23 bits per heavy atom. The fraction of sp³-hybridized carbons (Fsp3) is 0.400. The third kappa shape index (κ3) is 5.82. The number of aliphatic carboxylic acids is 1. The van der Waals surface area contributed by atoms with Crippen molar-refractivity contribution < 1.29 is 19.5 Å². The summed E-state index contributed by atoms with van der Waals surface area (Å²) in [6.45, 7) is 3.94. The number of carboxylic acid groups (broad SMARTS) is 1. The first kappa shape index (κ1) is 17.5. The maximum absolute atomic E-state index is 12.0. The zero-order valence-electron chi connectivity index (χ0n) is 12.6. The van der Waals surface area contributed by atoms with Crippen LogP contribution < -0.4 is 16.4 Å². The molecule has 7 heteroatoms. The fourth-order valence-electron chi connectivity index (χ4n) is 2.01. The van der Waals surface area contributed by atoms with Gasteiger partial charge in [0, 0.05) is 17.8 Å². The van der Waals surface area contributed by atoms with Crippen molar-refractivity contribution >= 4 is 23.6 Å². The maximum Gasteiger partial charge on any atom is 0.316 e. The van der Waals surface area contributed by atoms with Crippen LogP contribution in [0.15, 0.2) is 24.3 Å². The Morgan fingerprint density at radius 2 is 1.77 bits per heavy atom. The smallest absolute Gasteiger partial charge is 0.316 e. The molecule has 5 N–H and O–H groups in total. The molecule has 0 bridgehead atoms. The summed E-state index contributed by atoms with van der Waals surface area (Å²) in [5.74, 6) is -1.66. The van der Waals surface area contributed by atoms with Crippen LogP contribution in [0.3, 0.4) is 0 Å². The second-order valence-electron chi connectivity index (χ2n) is 5.44. The number of rotatable bonds is 7. The highest BCUT2D eigenvalue weighted by atomic mass is 16.4. The van der Waals surface area contributed by atoms with E-state index in [1.54, 1.807) is 12.1 Å². The van der Waals surface area contributed by atoms with Gasteiger partial charge in [-0.2, -0.15) is 0 Å². The Balaban J connectivity index is 2.60. The zero-order valence-corrected chi connectivity index (χ0v) is 12.6. The van der Waals surface area contributed by atoms with Crippen molar-refractivity contribution in [1.29, 1.82) is 0 Å². The van der Waals surface area contributed by atoms with Crippen LogP contribution in [-0.2, 0) is 4.79 Å². The van der Waals surface area contributed by atoms with Crippen LogP contribution in [0.1, 0.15) is 30.6 Å². The van der Waals surface area contributed by atoms with Crippen molar-refractivity contribution in [2.45, 2.75) is 20.3 Å². The van der Waals surface area contributed by atoms with E-state index >= 15 is 0 Å². The van der Waals surface area contributed by atoms with E-state index < -0.39 is 17.9 Å². The lowest BCUT2D eigenvalue weighted by Gasteiger charge is -2.15. The molecular weight excluding hydrogens is 286 g/mol. The Bertz CT molecular complexity index is 540. The Kier molecular flexibility index (Phi) is 6.37. The van der Waals surface area contributed by atoms with Crippen LogP contribution in [0.2, 0.25) is 0 Å². The lowest BCUT2D eigenvalue weighted by molar-refractivity contribution is -0.142. The molecule has 0 aliphatic rings. The van der Waals surface area contributed by atoms with Gasteiger partial charge in [0.05, 0.1) is 5.92 Å². The van der Waals surface area contributed by atoms with Gasteiger partial charge in [0.15, 0.2) is 0 Å². The molecule has 0 saturated carbocycles. The molecule has 0 radical (unpaired) electrons. The average Bonchev–Trinajstić information content (AvgIpc) is 2.42. The molecule has 0 aliphatic heterocycles. The summed E-state index contributed by atoms with van der Waals surface area (Å²) in [7, 11) is 0. The number of carbonyl (C=O) groups is 3. The second kappa shape index (κ2) is 8.02. The third-order valence-corrected chi connectivity index (χ3v) is 3.03. The number of nitrogens with one attached hydrogen (secondary N) is 2. The first-order chi connectivity index (χ1) is 10.3. The monoisotopic (exact) mass is 307 g/mol. The van der Waals surface area contributed by atoms with Gasteiger partial charge >= 0.3 is 12.0 Å². The molecule has 0 heterocycles. The number of urea groups is 1. The van der Waals surface area contributed by atoms with E-state index in [0.29, 0.717) is 17.7 Å². The topological polar surface area (TPSA) is 122 Å². The van der Waals surface area contributed by atoms with Gasteiger partial charge in [0.1, 0.15) is 0 Å². The summed E-state index contributed by atoms with van der Waals surface area (Å²) in [6.07, 6.45) is 0.497. The van der Waals surface area contributed by atoms with Crippen molar-refractivity contribution in [3.05, 3.63) is 29.8 Å².